The van der Waals surface area contributed by atoms with E-state index in [1.165, 1.54) is 6.07 Å². The first-order valence-electron chi connectivity index (χ1n) is 19.9. The maximum atomic E-state index is 15.4. The van der Waals surface area contributed by atoms with Crippen molar-refractivity contribution >= 4 is 64.0 Å². The van der Waals surface area contributed by atoms with Gasteiger partial charge in [-0.25, -0.2) is 14.2 Å². The molecule has 5 saturated heterocycles. The molecular weight excluding hydrogens is 765 g/mol. The molecular formula is C42H43ClFN9O5. The number of fused-ring (bicyclic) bond motifs is 1. The first kappa shape index (κ1) is 38.0. The quantitative estimate of drug-likeness (QED) is 0.283. The Kier molecular flexibility index (Phi) is 9.59. The minimum Gasteiger partial charge on any atom is -0.368 e. The number of carbonyl (C=O) groups excluding carboxylic acids is 5. The van der Waals surface area contributed by atoms with Crippen molar-refractivity contribution in [3.63, 3.8) is 0 Å². The molecule has 5 fully saturated rings. The number of benzene rings is 2. The van der Waals surface area contributed by atoms with E-state index in [4.69, 9.17) is 23.2 Å². The number of piperazine rings is 1. The van der Waals surface area contributed by atoms with Gasteiger partial charge in [-0.15, -0.1) is 0 Å². The Morgan fingerprint density at radius 1 is 0.948 bits per heavy atom. The van der Waals surface area contributed by atoms with Gasteiger partial charge in [-0.05, 0) is 74.4 Å². The summed E-state index contributed by atoms with van der Waals surface area (Å²) in [6.45, 7) is 15.8. The van der Waals surface area contributed by atoms with Gasteiger partial charge in [0.25, 0.3) is 17.7 Å². The van der Waals surface area contributed by atoms with Crippen LogP contribution >= 0.6 is 11.6 Å². The third-order valence-corrected chi connectivity index (χ3v) is 13.4. The number of rotatable bonds is 6. The number of pyridine rings is 1. The molecule has 6 aliphatic rings. The van der Waals surface area contributed by atoms with Crippen LogP contribution in [0.4, 0.5) is 27.3 Å². The van der Waals surface area contributed by atoms with E-state index in [0.29, 0.717) is 61.6 Å². The molecule has 1 spiro atoms. The third kappa shape index (κ3) is 6.61. The van der Waals surface area contributed by atoms with Crippen LogP contribution in [0.5, 0.6) is 0 Å². The largest absolute Gasteiger partial charge is 0.368 e. The van der Waals surface area contributed by atoms with Crippen molar-refractivity contribution in [2.75, 3.05) is 73.6 Å². The van der Waals surface area contributed by atoms with E-state index in [1.54, 1.807) is 12.3 Å². The number of nitrogens with one attached hydrogen (secondary N) is 1. The second-order valence-electron chi connectivity index (χ2n) is 16.5. The lowest BCUT2D eigenvalue weighted by atomic mass is 9.77. The molecule has 1 N–H and O–H groups in total. The topological polar surface area (TPSA) is 134 Å². The van der Waals surface area contributed by atoms with Gasteiger partial charge in [0.05, 0.1) is 28.9 Å². The van der Waals surface area contributed by atoms with Gasteiger partial charge in [-0.1, -0.05) is 17.7 Å². The zero-order valence-electron chi connectivity index (χ0n) is 32.1. The Hall–Kier alpha value is -5.59. The standard InChI is InChI=1S/C42H43ClFN9O5/c1-25-20-42(24-52(25)27-4-5-33(45-2)31(43)17-27)9-11-49(12-10-42)36-7-3-26(21-46-36)39(56)50-15-13-48(14-16-50)28-22-51(23-28)35-19-30-29(18-32(35)44)40(57)53(41(30)58)34-6-8-37(54)47-38(34)55/h3-5,7,17-19,21,25,28,34H,6,8-16,20,22-24H2,1H3,(H,47,54,55)/t25-,34?/m0/s1. The van der Waals surface area contributed by atoms with Crippen LogP contribution in [0.2, 0.25) is 5.02 Å². The minimum absolute atomic E-state index is 0.00692. The van der Waals surface area contributed by atoms with Crippen molar-refractivity contribution in [1.29, 1.82) is 0 Å². The van der Waals surface area contributed by atoms with E-state index in [2.05, 4.69) is 31.8 Å². The molecule has 14 nitrogen and oxygen atoms in total. The average Bonchev–Trinajstić information content (AvgIpc) is 3.65. The van der Waals surface area contributed by atoms with E-state index >= 15 is 4.39 Å². The van der Waals surface area contributed by atoms with Gasteiger partial charge in [0.2, 0.25) is 17.5 Å². The lowest BCUT2D eigenvalue weighted by molar-refractivity contribution is -0.136. The molecule has 7 heterocycles. The Morgan fingerprint density at radius 2 is 1.67 bits per heavy atom. The van der Waals surface area contributed by atoms with Crippen LogP contribution in [-0.4, -0.2) is 126 Å². The fraction of sp³-hybridized carbons (Fsp3) is 0.452. The lowest BCUT2D eigenvalue weighted by Crippen LogP contribution is -2.63. The summed E-state index contributed by atoms with van der Waals surface area (Å²) in [7, 11) is 0. The summed E-state index contributed by atoms with van der Waals surface area (Å²) in [5.41, 5.74) is 2.49. The van der Waals surface area contributed by atoms with E-state index in [9.17, 15) is 24.0 Å². The molecule has 1 aromatic heterocycles. The average molecular weight is 808 g/mol. The van der Waals surface area contributed by atoms with Gasteiger partial charge < -0.3 is 19.6 Å². The summed E-state index contributed by atoms with van der Waals surface area (Å²) in [6.07, 6.45) is 4.91. The van der Waals surface area contributed by atoms with Crippen molar-refractivity contribution in [3.05, 3.63) is 87.6 Å². The van der Waals surface area contributed by atoms with Crippen LogP contribution in [0.25, 0.3) is 4.85 Å². The summed E-state index contributed by atoms with van der Waals surface area (Å²) in [5, 5.41) is 2.66. The predicted octanol–water partition coefficient (Wildman–Crippen LogP) is 4.36. The van der Waals surface area contributed by atoms with Crippen LogP contribution in [0, 0.1) is 17.8 Å². The summed E-state index contributed by atoms with van der Waals surface area (Å²) in [6, 6.07) is 11.4. The highest BCUT2D eigenvalue weighted by atomic mass is 35.5. The first-order chi connectivity index (χ1) is 27.9. The summed E-state index contributed by atoms with van der Waals surface area (Å²) in [4.78, 5) is 83.6. The molecule has 58 heavy (non-hydrogen) atoms. The van der Waals surface area contributed by atoms with Crippen LogP contribution < -0.4 is 20.0 Å². The first-order valence-corrected chi connectivity index (χ1v) is 20.3. The number of hydrogen-bond acceptors (Lipinski definition) is 10. The zero-order valence-corrected chi connectivity index (χ0v) is 32.9. The number of hydrogen-bond donors (Lipinski definition) is 1. The molecule has 0 aliphatic carbocycles. The van der Waals surface area contributed by atoms with Gasteiger partial charge in [0.1, 0.15) is 17.7 Å². The number of aromatic nitrogens is 1. The monoisotopic (exact) mass is 807 g/mol. The molecule has 0 bridgehead atoms. The maximum absolute atomic E-state index is 15.4. The minimum atomic E-state index is -1.11. The Bertz CT molecular complexity index is 2260. The van der Waals surface area contributed by atoms with Gasteiger partial charge in [-0.3, -0.25) is 39.1 Å². The SMILES string of the molecule is [C-]#[N+]c1ccc(N2CC3(CCN(c4ccc(C(=O)N5CCN(C6CN(c7cc8c(cc7F)C(=O)N(C7CCC(=O)NC7=O)C8=O)C6)CC5)cn4)CC3)C[C@@H]2C)cc1Cl. The number of carbonyl (C=O) groups is 5. The number of nitrogens with zero attached hydrogens (tertiary/aromatic N) is 8. The summed E-state index contributed by atoms with van der Waals surface area (Å²) < 4.78 is 15.4. The fourth-order valence-corrected chi connectivity index (χ4v) is 10.00. The van der Waals surface area contributed by atoms with Crippen molar-refractivity contribution in [2.45, 2.75) is 57.2 Å². The van der Waals surface area contributed by atoms with Crippen molar-refractivity contribution in [1.82, 2.24) is 25.0 Å². The van der Waals surface area contributed by atoms with Crippen LogP contribution in [0.3, 0.4) is 0 Å². The molecule has 16 heteroatoms. The second-order valence-corrected chi connectivity index (χ2v) is 16.9. The third-order valence-electron chi connectivity index (χ3n) is 13.1. The highest BCUT2D eigenvalue weighted by molar-refractivity contribution is 6.33. The lowest BCUT2D eigenvalue weighted by Gasteiger charge is -2.49. The Labute approximate surface area is 340 Å². The smallest absolute Gasteiger partial charge is 0.262 e. The molecule has 9 rings (SSSR count). The fourth-order valence-electron chi connectivity index (χ4n) is 9.78. The van der Waals surface area contributed by atoms with Crippen LogP contribution in [0.1, 0.15) is 70.1 Å². The van der Waals surface area contributed by atoms with Crippen molar-refractivity contribution < 1.29 is 28.4 Å². The molecule has 0 radical (unpaired) electrons. The van der Waals surface area contributed by atoms with Gasteiger partial charge in [0.15, 0.2) is 0 Å². The Morgan fingerprint density at radius 3 is 2.33 bits per heavy atom. The van der Waals surface area contributed by atoms with Gasteiger partial charge in [0, 0.05) is 94.3 Å². The maximum Gasteiger partial charge on any atom is 0.262 e. The van der Waals surface area contributed by atoms with E-state index < -0.39 is 35.5 Å². The van der Waals surface area contributed by atoms with E-state index in [-0.39, 0.29) is 47.0 Å². The molecule has 0 saturated carbocycles. The molecule has 6 aliphatic heterocycles. The summed E-state index contributed by atoms with van der Waals surface area (Å²) >= 11 is 6.37. The molecule has 300 valence electrons. The van der Waals surface area contributed by atoms with Crippen molar-refractivity contribution in [2.24, 2.45) is 5.41 Å². The number of imide groups is 2. The van der Waals surface area contributed by atoms with Crippen LogP contribution in [0.15, 0.2) is 48.7 Å². The van der Waals surface area contributed by atoms with Crippen LogP contribution in [-0.2, 0) is 9.59 Å². The highest BCUT2D eigenvalue weighted by Gasteiger charge is 2.47. The zero-order chi connectivity index (χ0) is 40.5. The number of anilines is 3. The predicted molar refractivity (Wildman–Crippen MR) is 214 cm³/mol. The molecule has 1 unspecified atom stereocenters. The van der Waals surface area contributed by atoms with Gasteiger partial charge >= 0.3 is 0 Å². The molecule has 2 atom stereocenters. The normalized spacial score (nSPS) is 23.7. The second kappa shape index (κ2) is 14.7. The summed E-state index contributed by atoms with van der Waals surface area (Å²) in [5.74, 6) is -2.38. The highest BCUT2D eigenvalue weighted by Crippen LogP contribution is 2.46. The molecule has 3 aromatic rings. The van der Waals surface area contributed by atoms with Crippen molar-refractivity contribution in [3.8, 4) is 0 Å². The Balaban J connectivity index is 0.750. The molecule has 5 amide bonds. The van der Waals surface area contributed by atoms with Gasteiger partial charge in [-0.2, -0.15) is 0 Å². The van der Waals surface area contributed by atoms with E-state index in [0.717, 1.165) is 61.4 Å². The number of halogens is 2. The van der Waals surface area contributed by atoms with E-state index in [1.807, 2.05) is 34.1 Å². The number of amides is 5. The molecule has 2 aromatic carbocycles. The number of piperidine rings is 2.